The summed E-state index contributed by atoms with van der Waals surface area (Å²) in [6.07, 6.45) is 1.68. The molecule has 0 aliphatic carbocycles. The molecule has 3 aromatic rings. The van der Waals surface area contributed by atoms with Crippen molar-refractivity contribution in [2.75, 3.05) is 7.11 Å². The van der Waals surface area contributed by atoms with Crippen molar-refractivity contribution < 1.29 is 23.1 Å². The van der Waals surface area contributed by atoms with E-state index in [1.54, 1.807) is 24.4 Å². The van der Waals surface area contributed by atoms with Crippen molar-refractivity contribution >= 4 is 22.8 Å². The molecule has 0 bridgehead atoms. The highest BCUT2D eigenvalue weighted by atomic mass is 19.1. The van der Waals surface area contributed by atoms with Crippen LogP contribution < -0.4 is 5.32 Å². The van der Waals surface area contributed by atoms with E-state index in [1.807, 2.05) is 6.07 Å². The van der Waals surface area contributed by atoms with Gasteiger partial charge in [0.25, 0.3) is 5.91 Å². The highest BCUT2D eigenvalue weighted by Gasteiger charge is 2.27. The monoisotopic (exact) mass is 344 g/mol. The van der Waals surface area contributed by atoms with Crippen molar-refractivity contribution in [1.82, 2.24) is 10.3 Å². The number of hydrogen-bond acceptors (Lipinski definition) is 3. The summed E-state index contributed by atoms with van der Waals surface area (Å²) in [7, 11) is 1.12. The number of nitrogens with one attached hydrogen (secondary N) is 2. The van der Waals surface area contributed by atoms with E-state index in [9.17, 15) is 18.4 Å². The van der Waals surface area contributed by atoms with E-state index in [-0.39, 0.29) is 5.56 Å². The number of hydrogen-bond donors (Lipinski definition) is 2. The Balaban J connectivity index is 1.97. The van der Waals surface area contributed by atoms with Gasteiger partial charge in [-0.1, -0.05) is 18.2 Å². The molecule has 0 spiro atoms. The van der Waals surface area contributed by atoms with Gasteiger partial charge in [-0.2, -0.15) is 0 Å². The number of benzene rings is 2. The molecule has 1 heterocycles. The van der Waals surface area contributed by atoms with E-state index in [0.29, 0.717) is 17.1 Å². The number of ether oxygens (including phenoxy) is 1. The van der Waals surface area contributed by atoms with Crippen LogP contribution in [0.4, 0.5) is 8.78 Å². The Morgan fingerprint density at radius 3 is 2.68 bits per heavy atom. The summed E-state index contributed by atoms with van der Waals surface area (Å²) < 4.78 is 31.8. The molecule has 128 valence electrons. The van der Waals surface area contributed by atoms with Crippen LogP contribution in [0.1, 0.15) is 22.0 Å². The molecule has 0 fully saturated rings. The first-order valence-corrected chi connectivity index (χ1v) is 7.41. The number of aromatic amines is 1. The van der Waals surface area contributed by atoms with E-state index in [1.165, 1.54) is 0 Å². The van der Waals surface area contributed by atoms with E-state index in [2.05, 4.69) is 15.0 Å². The lowest BCUT2D eigenvalue weighted by molar-refractivity contribution is -0.143. The van der Waals surface area contributed by atoms with Crippen LogP contribution in [-0.4, -0.2) is 24.0 Å². The Labute approximate surface area is 141 Å². The minimum atomic E-state index is -1.40. The number of amides is 1. The summed E-state index contributed by atoms with van der Waals surface area (Å²) in [6.45, 7) is 0. The van der Waals surface area contributed by atoms with Gasteiger partial charge < -0.3 is 15.0 Å². The average Bonchev–Trinajstić information content (AvgIpc) is 3.08. The summed E-state index contributed by atoms with van der Waals surface area (Å²) in [5.41, 5.74) is 0.697. The number of carbonyl (C=O) groups is 2. The zero-order valence-electron chi connectivity index (χ0n) is 13.2. The number of halogens is 2. The topological polar surface area (TPSA) is 71.2 Å². The Hall–Kier alpha value is -3.22. The molecule has 1 aromatic heterocycles. The molecule has 5 nitrogen and oxygen atoms in total. The standard InChI is InChI=1S/C18H14F2N2O3/c1-25-18(24)16(12-6-5-11(19)9-14(12)20)22-17(23)13-4-2-3-10-7-8-21-15(10)13/h2-9,16,21H,1H3,(H,22,23)/t16-/m1/s1. The number of esters is 1. The maximum atomic E-state index is 14.0. The minimum Gasteiger partial charge on any atom is -0.467 e. The molecule has 0 unspecified atom stereocenters. The van der Waals surface area contributed by atoms with Crippen molar-refractivity contribution in [2.45, 2.75) is 6.04 Å². The quantitative estimate of drug-likeness (QED) is 0.715. The van der Waals surface area contributed by atoms with Crippen LogP contribution in [0.3, 0.4) is 0 Å². The first-order valence-electron chi connectivity index (χ1n) is 7.41. The third-order valence-corrected chi connectivity index (χ3v) is 3.82. The molecule has 1 amide bonds. The van der Waals surface area contributed by atoms with Gasteiger partial charge in [-0.25, -0.2) is 13.6 Å². The van der Waals surface area contributed by atoms with Crippen molar-refractivity contribution in [2.24, 2.45) is 0 Å². The molecule has 25 heavy (non-hydrogen) atoms. The van der Waals surface area contributed by atoms with Crippen molar-refractivity contribution in [1.29, 1.82) is 0 Å². The summed E-state index contributed by atoms with van der Waals surface area (Å²) in [6, 6.07) is 8.23. The molecule has 7 heteroatoms. The third kappa shape index (κ3) is 3.21. The fourth-order valence-electron chi connectivity index (χ4n) is 2.60. The highest BCUT2D eigenvalue weighted by Crippen LogP contribution is 2.22. The minimum absolute atomic E-state index is 0.180. The Kier molecular flexibility index (Phi) is 4.47. The van der Waals surface area contributed by atoms with Gasteiger partial charge in [0.1, 0.15) is 11.6 Å². The lowest BCUT2D eigenvalue weighted by Gasteiger charge is -2.18. The molecular weight excluding hydrogens is 330 g/mol. The number of carbonyl (C=O) groups excluding carboxylic acids is 2. The van der Waals surface area contributed by atoms with Gasteiger partial charge in [0.15, 0.2) is 6.04 Å². The fourth-order valence-corrected chi connectivity index (χ4v) is 2.60. The van der Waals surface area contributed by atoms with Gasteiger partial charge in [0, 0.05) is 23.2 Å². The lowest BCUT2D eigenvalue weighted by atomic mass is 10.0. The molecular formula is C18H14F2N2O3. The Morgan fingerprint density at radius 2 is 1.96 bits per heavy atom. The van der Waals surface area contributed by atoms with Crippen LogP contribution in [0.25, 0.3) is 10.9 Å². The van der Waals surface area contributed by atoms with Crippen molar-refractivity contribution in [3.8, 4) is 0 Å². The predicted octanol–water partition coefficient (Wildman–Crippen LogP) is 3.09. The number of aromatic nitrogens is 1. The fraction of sp³-hybridized carbons (Fsp3) is 0.111. The second-order valence-electron chi connectivity index (χ2n) is 5.34. The molecule has 2 aromatic carbocycles. The molecule has 0 radical (unpaired) electrons. The molecule has 0 saturated carbocycles. The summed E-state index contributed by atoms with van der Waals surface area (Å²) in [4.78, 5) is 27.6. The molecule has 0 saturated heterocycles. The van der Waals surface area contributed by atoms with Crippen LogP contribution in [0.2, 0.25) is 0 Å². The maximum absolute atomic E-state index is 14.0. The van der Waals surface area contributed by atoms with E-state index in [4.69, 9.17) is 0 Å². The summed E-state index contributed by atoms with van der Waals surface area (Å²) in [5.74, 6) is -3.19. The molecule has 0 aliphatic rings. The molecule has 3 rings (SSSR count). The second kappa shape index (κ2) is 6.72. The van der Waals surface area contributed by atoms with E-state index in [0.717, 1.165) is 24.6 Å². The normalized spacial score (nSPS) is 12.0. The van der Waals surface area contributed by atoms with Gasteiger partial charge >= 0.3 is 5.97 Å². The largest absolute Gasteiger partial charge is 0.467 e. The van der Waals surface area contributed by atoms with Crippen LogP contribution in [0.5, 0.6) is 0 Å². The lowest BCUT2D eigenvalue weighted by Crippen LogP contribution is -2.35. The zero-order valence-corrected chi connectivity index (χ0v) is 13.2. The van der Waals surface area contributed by atoms with Gasteiger partial charge in [0.2, 0.25) is 0 Å². The van der Waals surface area contributed by atoms with Gasteiger partial charge in [0.05, 0.1) is 18.2 Å². The highest BCUT2D eigenvalue weighted by molar-refractivity contribution is 6.06. The van der Waals surface area contributed by atoms with Gasteiger partial charge in [-0.05, 0) is 18.2 Å². The number of para-hydroxylation sites is 1. The number of rotatable bonds is 4. The van der Waals surface area contributed by atoms with Crippen molar-refractivity contribution in [3.05, 3.63) is 71.4 Å². The maximum Gasteiger partial charge on any atom is 0.333 e. The smallest absolute Gasteiger partial charge is 0.333 e. The zero-order chi connectivity index (χ0) is 18.0. The molecule has 1 atom stereocenters. The first-order chi connectivity index (χ1) is 12.0. The summed E-state index contributed by atoms with van der Waals surface area (Å²) >= 11 is 0. The SMILES string of the molecule is COC(=O)[C@H](NC(=O)c1cccc2cc[nH]c12)c1ccc(F)cc1F. The van der Waals surface area contributed by atoms with Gasteiger partial charge in [-0.3, -0.25) is 4.79 Å². The molecule has 0 aliphatic heterocycles. The van der Waals surface area contributed by atoms with Gasteiger partial charge in [-0.15, -0.1) is 0 Å². The Morgan fingerprint density at radius 1 is 1.16 bits per heavy atom. The number of methoxy groups -OCH3 is 1. The summed E-state index contributed by atoms with van der Waals surface area (Å²) in [5, 5.41) is 3.26. The van der Waals surface area contributed by atoms with E-state index < -0.39 is 29.6 Å². The number of fused-ring (bicyclic) bond motifs is 1. The Bertz CT molecular complexity index is 952. The second-order valence-corrected chi connectivity index (χ2v) is 5.34. The van der Waals surface area contributed by atoms with Crippen LogP contribution in [0.15, 0.2) is 48.7 Å². The molecule has 2 N–H and O–H groups in total. The first kappa shape index (κ1) is 16.6. The average molecular weight is 344 g/mol. The number of H-pyrrole nitrogens is 1. The predicted molar refractivity (Wildman–Crippen MR) is 86.9 cm³/mol. The van der Waals surface area contributed by atoms with Crippen LogP contribution >= 0.6 is 0 Å². The van der Waals surface area contributed by atoms with Crippen molar-refractivity contribution in [3.63, 3.8) is 0 Å². The third-order valence-electron chi connectivity index (χ3n) is 3.82. The van der Waals surface area contributed by atoms with Crippen LogP contribution in [-0.2, 0) is 9.53 Å². The van der Waals surface area contributed by atoms with E-state index >= 15 is 0 Å². The van der Waals surface area contributed by atoms with Crippen LogP contribution in [0, 0.1) is 11.6 Å².